The number of hydrogen-bond donors (Lipinski definition) is 0. The van der Waals surface area contributed by atoms with Crippen molar-refractivity contribution in [3.8, 4) is 6.07 Å². The van der Waals surface area contributed by atoms with E-state index in [9.17, 15) is 8.42 Å². The smallest absolute Gasteiger partial charge is 0.265 e. The van der Waals surface area contributed by atoms with Gasteiger partial charge in [-0.1, -0.05) is 12.1 Å². The van der Waals surface area contributed by atoms with E-state index in [4.69, 9.17) is 5.26 Å². The fraction of sp³-hybridized carbons (Fsp3) is 0.0769. The molecule has 0 saturated heterocycles. The van der Waals surface area contributed by atoms with Gasteiger partial charge in [0.15, 0.2) is 0 Å². The second-order valence-electron chi connectivity index (χ2n) is 3.94. The van der Waals surface area contributed by atoms with E-state index >= 15 is 0 Å². The summed E-state index contributed by atoms with van der Waals surface area (Å²) in [6, 6.07) is 9.97. The monoisotopic (exact) mass is 351 g/mol. The average Bonchev–Trinajstić information content (AvgIpc) is 2.46. The quantitative estimate of drug-likeness (QED) is 0.851. The van der Waals surface area contributed by atoms with Crippen LogP contribution < -0.4 is 4.31 Å². The molecule has 0 radical (unpaired) electrons. The van der Waals surface area contributed by atoms with Gasteiger partial charge in [0, 0.05) is 23.9 Å². The van der Waals surface area contributed by atoms with E-state index in [2.05, 4.69) is 20.9 Å². The van der Waals surface area contributed by atoms with Gasteiger partial charge in [-0.05, 0) is 34.1 Å². The van der Waals surface area contributed by atoms with E-state index in [-0.39, 0.29) is 4.90 Å². The van der Waals surface area contributed by atoms with Crippen molar-refractivity contribution in [2.24, 2.45) is 0 Å². The summed E-state index contributed by atoms with van der Waals surface area (Å²) in [4.78, 5) is 3.91. The standard InChI is InChI=1S/C13H10BrN3O2S/c1-17(13-5-3-2-4-10(13)7-15)20(18,19)12-6-11(14)8-16-9-12/h2-6,8-9H,1H3. The summed E-state index contributed by atoms with van der Waals surface area (Å²) in [5, 5.41) is 9.06. The molecule has 2 aromatic rings. The Balaban J connectivity index is 2.52. The molecule has 0 spiro atoms. The number of aromatic nitrogens is 1. The van der Waals surface area contributed by atoms with Gasteiger partial charge in [0.05, 0.1) is 11.3 Å². The number of halogens is 1. The average molecular weight is 352 g/mol. The first-order valence-corrected chi connectivity index (χ1v) is 7.78. The van der Waals surface area contributed by atoms with Gasteiger partial charge in [0.1, 0.15) is 11.0 Å². The molecular formula is C13H10BrN3O2S. The van der Waals surface area contributed by atoms with Crippen LogP contribution in [0.25, 0.3) is 0 Å². The Kier molecular flexibility index (Phi) is 4.06. The molecule has 0 saturated carbocycles. The first kappa shape index (κ1) is 14.5. The number of nitrogens with zero attached hydrogens (tertiary/aromatic N) is 3. The van der Waals surface area contributed by atoms with Crippen LogP contribution in [0.15, 0.2) is 52.1 Å². The lowest BCUT2D eigenvalue weighted by atomic mass is 10.2. The lowest BCUT2D eigenvalue weighted by Crippen LogP contribution is -2.27. The Hall–Kier alpha value is -1.91. The Bertz CT molecular complexity index is 784. The minimum Gasteiger partial charge on any atom is -0.268 e. The van der Waals surface area contributed by atoms with Crippen molar-refractivity contribution in [1.82, 2.24) is 4.98 Å². The van der Waals surface area contributed by atoms with Crippen molar-refractivity contribution in [1.29, 1.82) is 5.26 Å². The van der Waals surface area contributed by atoms with Gasteiger partial charge in [-0.15, -0.1) is 0 Å². The van der Waals surface area contributed by atoms with Crippen LogP contribution in [-0.2, 0) is 10.0 Å². The zero-order valence-electron chi connectivity index (χ0n) is 10.5. The molecule has 0 bridgehead atoms. The molecule has 20 heavy (non-hydrogen) atoms. The minimum atomic E-state index is -3.76. The van der Waals surface area contributed by atoms with Gasteiger partial charge in [-0.25, -0.2) is 8.42 Å². The summed E-state index contributed by atoms with van der Waals surface area (Å²) in [6.45, 7) is 0. The molecular weight excluding hydrogens is 342 g/mol. The molecule has 1 aromatic heterocycles. The Morgan fingerprint density at radius 1 is 1.30 bits per heavy atom. The van der Waals surface area contributed by atoms with E-state index in [1.807, 2.05) is 6.07 Å². The molecule has 0 fully saturated rings. The molecule has 7 heteroatoms. The lowest BCUT2D eigenvalue weighted by molar-refractivity contribution is 0.594. The SMILES string of the molecule is CN(c1ccccc1C#N)S(=O)(=O)c1cncc(Br)c1. The summed E-state index contributed by atoms with van der Waals surface area (Å²) in [5.41, 5.74) is 0.622. The van der Waals surface area contributed by atoms with Gasteiger partial charge >= 0.3 is 0 Å². The molecule has 0 N–H and O–H groups in total. The van der Waals surface area contributed by atoms with Crippen LogP contribution in [0.5, 0.6) is 0 Å². The largest absolute Gasteiger partial charge is 0.268 e. The van der Waals surface area contributed by atoms with Crippen LogP contribution in [0.3, 0.4) is 0 Å². The molecule has 0 amide bonds. The number of rotatable bonds is 3. The third-order valence-electron chi connectivity index (χ3n) is 2.70. The van der Waals surface area contributed by atoms with Gasteiger partial charge in [0.2, 0.25) is 0 Å². The predicted octanol–water partition coefficient (Wildman–Crippen LogP) is 2.54. The minimum absolute atomic E-state index is 0.0575. The van der Waals surface area contributed by atoms with Crippen LogP contribution in [-0.4, -0.2) is 20.4 Å². The van der Waals surface area contributed by atoms with Crippen LogP contribution in [0.2, 0.25) is 0 Å². The number of benzene rings is 1. The zero-order chi connectivity index (χ0) is 14.8. The second kappa shape index (κ2) is 5.61. The zero-order valence-corrected chi connectivity index (χ0v) is 12.9. The summed E-state index contributed by atoms with van der Waals surface area (Å²) in [5.74, 6) is 0. The first-order valence-electron chi connectivity index (χ1n) is 5.55. The number of pyridine rings is 1. The van der Waals surface area contributed by atoms with Gasteiger partial charge in [-0.2, -0.15) is 5.26 Å². The Labute approximate surface area is 125 Å². The third kappa shape index (κ3) is 2.66. The van der Waals surface area contributed by atoms with Gasteiger partial charge in [0.25, 0.3) is 10.0 Å². The maximum atomic E-state index is 12.5. The molecule has 1 aromatic carbocycles. The molecule has 0 aliphatic carbocycles. The topological polar surface area (TPSA) is 74.1 Å². The third-order valence-corrected chi connectivity index (χ3v) is 4.87. The molecule has 0 atom stereocenters. The summed E-state index contributed by atoms with van der Waals surface area (Å²) >= 11 is 3.19. The number of hydrogen-bond acceptors (Lipinski definition) is 4. The molecule has 0 unspecified atom stereocenters. The number of sulfonamides is 1. The molecule has 0 aliphatic rings. The number of para-hydroxylation sites is 1. The number of nitriles is 1. The van der Waals surface area contributed by atoms with E-state index in [1.165, 1.54) is 25.5 Å². The normalized spacial score (nSPS) is 10.8. The van der Waals surface area contributed by atoms with E-state index in [1.54, 1.807) is 24.3 Å². The molecule has 102 valence electrons. The molecule has 0 aliphatic heterocycles. The van der Waals surface area contributed by atoms with E-state index in [0.29, 0.717) is 15.7 Å². The van der Waals surface area contributed by atoms with Crippen molar-refractivity contribution in [3.63, 3.8) is 0 Å². The number of anilines is 1. The van der Waals surface area contributed by atoms with Crippen LogP contribution in [0.1, 0.15) is 5.56 Å². The summed E-state index contributed by atoms with van der Waals surface area (Å²) < 4.78 is 26.7. The lowest BCUT2D eigenvalue weighted by Gasteiger charge is -2.20. The predicted molar refractivity (Wildman–Crippen MR) is 78.7 cm³/mol. The van der Waals surface area contributed by atoms with Gasteiger partial charge in [-0.3, -0.25) is 9.29 Å². The fourth-order valence-corrected chi connectivity index (χ4v) is 3.38. The van der Waals surface area contributed by atoms with E-state index < -0.39 is 10.0 Å². The first-order chi connectivity index (χ1) is 9.46. The van der Waals surface area contributed by atoms with Crippen molar-refractivity contribution in [2.45, 2.75) is 4.90 Å². The highest BCUT2D eigenvalue weighted by molar-refractivity contribution is 9.10. The van der Waals surface area contributed by atoms with Crippen LogP contribution in [0.4, 0.5) is 5.69 Å². The van der Waals surface area contributed by atoms with Crippen molar-refractivity contribution in [3.05, 3.63) is 52.8 Å². The highest BCUT2D eigenvalue weighted by Gasteiger charge is 2.23. The van der Waals surface area contributed by atoms with Crippen molar-refractivity contribution >= 4 is 31.6 Å². The van der Waals surface area contributed by atoms with Crippen molar-refractivity contribution < 1.29 is 8.42 Å². The Morgan fingerprint density at radius 2 is 2.00 bits per heavy atom. The molecule has 5 nitrogen and oxygen atoms in total. The highest BCUT2D eigenvalue weighted by atomic mass is 79.9. The maximum absolute atomic E-state index is 12.5. The maximum Gasteiger partial charge on any atom is 0.265 e. The Morgan fingerprint density at radius 3 is 2.65 bits per heavy atom. The van der Waals surface area contributed by atoms with Crippen LogP contribution in [0, 0.1) is 11.3 Å². The van der Waals surface area contributed by atoms with E-state index in [0.717, 1.165) is 4.31 Å². The van der Waals surface area contributed by atoms with Gasteiger partial charge < -0.3 is 0 Å². The van der Waals surface area contributed by atoms with Crippen LogP contribution >= 0.6 is 15.9 Å². The fourth-order valence-electron chi connectivity index (χ4n) is 1.66. The highest BCUT2D eigenvalue weighted by Crippen LogP contribution is 2.25. The molecule has 2 rings (SSSR count). The summed E-state index contributed by atoms with van der Waals surface area (Å²) in [7, 11) is -2.35. The summed E-state index contributed by atoms with van der Waals surface area (Å²) in [6.07, 6.45) is 2.77. The van der Waals surface area contributed by atoms with Crippen molar-refractivity contribution in [2.75, 3.05) is 11.4 Å². The molecule has 1 heterocycles. The second-order valence-corrected chi connectivity index (χ2v) is 6.83.